The van der Waals surface area contributed by atoms with Gasteiger partial charge in [-0.05, 0) is 25.1 Å². The molecule has 2 unspecified atom stereocenters. The molecule has 1 aliphatic heterocycles. The summed E-state index contributed by atoms with van der Waals surface area (Å²) in [5, 5.41) is 9.30. The maximum atomic E-state index is 11.3. The summed E-state index contributed by atoms with van der Waals surface area (Å²) in [5.41, 5.74) is 0.960. The van der Waals surface area contributed by atoms with Gasteiger partial charge in [-0.25, -0.2) is 0 Å². The summed E-state index contributed by atoms with van der Waals surface area (Å²) >= 11 is 3.40. The first-order valence-corrected chi connectivity index (χ1v) is 6.00. The molecule has 1 aromatic rings. The van der Waals surface area contributed by atoms with E-state index in [-0.39, 0.29) is 18.2 Å². The van der Waals surface area contributed by atoms with E-state index in [0.29, 0.717) is 6.42 Å². The molecule has 0 radical (unpaired) electrons. The van der Waals surface area contributed by atoms with Gasteiger partial charge in [0.1, 0.15) is 0 Å². The molecule has 4 nitrogen and oxygen atoms in total. The van der Waals surface area contributed by atoms with Crippen LogP contribution in [0.25, 0.3) is 0 Å². The monoisotopic (exact) mass is 283 g/mol. The Balaban J connectivity index is 2.01. The molecular formula is C11H14BrN3O. The summed E-state index contributed by atoms with van der Waals surface area (Å²) in [7, 11) is 0. The van der Waals surface area contributed by atoms with Crippen LogP contribution in [0.15, 0.2) is 28.7 Å². The minimum atomic E-state index is -0.203. The Morgan fingerprint density at radius 2 is 2.31 bits per heavy atom. The number of benzene rings is 1. The average molecular weight is 284 g/mol. The number of hydrogen-bond donors (Lipinski definition) is 3. The number of rotatable bonds is 2. The molecule has 86 valence electrons. The van der Waals surface area contributed by atoms with Gasteiger partial charge >= 0.3 is 0 Å². The van der Waals surface area contributed by atoms with E-state index in [1.165, 1.54) is 0 Å². The second kappa shape index (κ2) is 4.84. The summed E-state index contributed by atoms with van der Waals surface area (Å²) in [6.45, 7) is 1.99. The Bertz CT molecular complexity index is 397. The van der Waals surface area contributed by atoms with Crippen LogP contribution in [0, 0.1) is 0 Å². The molecule has 5 heteroatoms. The molecule has 1 saturated heterocycles. The van der Waals surface area contributed by atoms with Crippen LogP contribution in [0.4, 0.5) is 5.69 Å². The topological polar surface area (TPSA) is 53.2 Å². The summed E-state index contributed by atoms with van der Waals surface area (Å²) in [5.74, 6) is 0.0683. The minimum absolute atomic E-state index is 0.0683. The number of amides is 1. The predicted molar refractivity (Wildman–Crippen MR) is 66.9 cm³/mol. The van der Waals surface area contributed by atoms with Gasteiger partial charge in [-0.15, -0.1) is 0 Å². The first-order valence-electron chi connectivity index (χ1n) is 5.21. The van der Waals surface area contributed by atoms with E-state index >= 15 is 0 Å². The minimum Gasteiger partial charge on any atom is -0.353 e. The lowest BCUT2D eigenvalue weighted by Crippen LogP contribution is -2.59. The van der Waals surface area contributed by atoms with E-state index in [4.69, 9.17) is 0 Å². The molecule has 0 aliphatic carbocycles. The second-order valence-electron chi connectivity index (χ2n) is 3.93. The van der Waals surface area contributed by atoms with Gasteiger partial charge in [0.05, 0.1) is 0 Å². The molecule has 1 heterocycles. The third-order valence-corrected chi connectivity index (χ3v) is 2.88. The Kier molecular flexibility index (Phi) is 3.46. The highest BCUT2D eigenvalue weighted by molar-refractivity contribution is 9.10. The third kappa shape index (κ3) is 2.96. The van der Waals surface area contributed by atoms with Gasteiger partial charge in [0.15, 0.2) is 6.29 Å². The van der Waals surface area contributed by atoms with Crippen molar-refractivity contribution in [2.45, 2.75) is 25.7 Å². The van der Waals surface area contributed by atoms with Crippen LogP contribution in [-0.2, 0) is 4.79 Å². The number of hydrogen-bond acceptors (Lipinski definition) is 3. The first kappa shape index (κ1) is 11.4. The van der Waals surface area contributed by atoms with Crippen LogP contribution < -0.4 is 16.0 Å². The highest BCUT2D eigenvalue weighted by Crippen LogP contribution is 2.16. The van der Waals surface area contributed by atoms with E-state index in [1.54, 1.807) is 0 Å². The Morgan fingerprint density at radius 1 is 1.50 bits per heavy atom. The zero-order chi connectivity index (χ0) is 11.5. The number of nitrogens with one attached hydrogen (secondary N) is 3. The van der Waals surface area contributed by atoms with Gasteiger partial charge in [-0.2, -0.15) is 0 Å². The molecular weight excluding hydrogens is 270 g/mol. The SMILES string of the molecule is CC1CC(=O)NC(Nc2cccc(Br)c2)N1. The molecule has 2 atom stereocenters. The summed E-state index contributed by atoms with van der Waals surface area (Å²) in [4.78, 5) is 11.3. The lowest BCUT2D eigenvalue weighted by molar-refractivity contribution is -0.123. The highest BCUT2D eigenvalue weighted by atomic mass is 79.9. The van der Waals surface area contributed by atoms with Crippen molar-refractivity contribution in [3.05, 3.63) is 28.7 Å². The number of halogens is 1. The fourth-order valence-electron chi connectivity index (χ4n) is 1.71. The fourth-order valence-corrected chi connectivity index (χ4v) is 2.11. The fraction of sp³-hybridized carbons (Fsp3) is 0.364. The Morgan fingerprint density at radius 3 is 3.00 bits per heavy atom. The zero-order valence-corrected chi connectivity index (χ0v) is 10.5. The quantitative estimate of drug-likeness (QED) is 0.774. The number of carbonyl (C=O) groups excluding carboxylic acids is 1. The van der Waals surface area contributed by atoms with Crippen molar-refractivity contribution in [3.8, 4) is 0 Å². The lowest BCUT2D eigenvalue weighted by atomic mass is 10.2. The smallest absolute Gasteiger partial charge is 0.224 e. The van der Waals surface area contributed by atoms with Crippen LogP contribution in [0.1, 0.15) is 13.3 Å². The average Bonchev–Trinajstić information content (AvgIpc) is 2.15. The van der Waals surface area contributed by atoms with Crippen molar-refractivity contribution in [3.63, 3.8) is 0 Å². The van der Waals surface area contributed by atoms with Crippen LogP contribution >= 0.6 is 15.9 Å². The molecule has 3 N–H and O–H groups in total. The molecule has 2 rings (SSSR count). The number of anilines is 1. The van der Waals surface area contributed by atoms with Gasteiger partial charge in [-0.3, -0.25) is 10.1 Å². The highest BCUT2D eigenvalue weighted by Gasteiger charge is 2.22. The molecule has 0 aromatic heterocycles. The Labute approximate surface area is 103 Å². The number of carbonyl (C=O) groups is 1. The van der Waals surface area contributed by atoms with Gasteiger partial charge in [0.2, 0.25) is 5.91 Å². The van der Waals surface area contributed by atoms with E-state index < -0.39 is 0 Å². The molecule has 1 aliphatic rings. The lowest BCUT2D eigenvalue weighted by Gasteiger charge is -2.30. The standard InChI is InChI=1S/C11H14BrN3O/c1-7-5-10(16)15-11(13-7)14-9-4-2-3-8(12)6-9/h2-4,6-7,11,13-14H,5H2,1H3,(H,15,16). The van der Waals surface area contributed by atoms with Crippen LogP contribution in [0.2, 0.25) is 0 Å². The maximum absolute atomic E-state index is 11.3. The van der Waals surface area contributed by atoms with Crippen LogP contribution in [0.3, 0.4) is 0 Å². The van der Waals surface area contributed by atoms with Crippen molar-refractivity contribution in [1.82, 2.24) is 10.6 Å². The van der Waals surface area contributed by atoms with Crippen molar-refractivity contribution < 1.29 is 4.79 Å². The van der Waals surface area contributed by atoms with Crippen molar-refractivity contribution in [2.24, 2.45) is 0 Å². The molecule has 1 aromatic carbocycles. The van der Waals surface area contributed by atoms with Crippen molar-refractivity contribution in [1.29, 1.82) is 0 Å². The van der Waals surface area contributed by atoms with Gasteiger partial charge in [-0.1, -0.05) is 22.0 Å². The largest absolute Gasteiger partial charge is 0.353 e. The maximum Gasteiger partial charge on any atom is 0.224 e. The molecule has 16 heavy (non-hydrogen) atoms. The van der Waals surface area contributed by atoms with Crippen molar-refractivity contribution in [2.75, 3.05) is 5.32 Å². The van der Waals surface area contributed by atoms with Crippen LogP contribution in [-0.4, -0.2) is 18.2 Å². The third-order valence-electron chi connectivity index (χ3n) is 2.38. The summed E-state index contributed by atoms with van der Waals surface area (Å²) < 4.78 is 1.01. The molecule has 0 bridgehead atoms. The normalized spacial score (nSPS) is 25.0. The van der Waals surface area contributed by atoms with Gasteiger partial charge < -0.3 is 10.6 Å². The van der Waals surface area contributed by atoms with E-state index in [1.807, 2.05) is 31.2 Å². The zero-order valence-electron chi connectivity index (χ0n) is 8.96. The van der Waals surface area contributed by atoms with Crippen LogP contribution in [0.5, 0.6) is 0 Å². The predicted octanol–water partition coefficient (Wildman–Crippen LogP) is 1.64. The van der Waals surface area contributed by atoms with E-state index in [9.17, 15) is 4.79 Å². The van der Waals surface area contributed by atoms with E-state index in [2.05, 4.69) is 31.9 Å². The first-order chi connectivity index (χ1) is 7.63. The Hall–Kier alpha value is -1.07. The molecule has 0 saturated carbocycles. The van der Waals surface area contributed by atoms with Gasteiger partial charge in [0.25, 0.3) is 0 Å². The van der Waals surface area contributed by atoms with E-state index in [0.717, 1.165) is 10.2 Å². The molecule has 0 spiro atoms. The van der Waals surface area contributed by atoms with Crippen molar-refractivity contribution >= 4 is 27.5 Å². The molecule has 1 fully saturated rings. The second-order valence-corrected chi connectivity index (χ2v) is 4.84. The van der Waals surface area contributed by atoms with Gasteiger partial charge in [0, 0.05) is 22.6 Å². The summed E-state index contributed by atoms with van der Waals surface area (Å²) in [6.07, 6.45) is 0.321. The summed E-state index contributed by atoms with van der Waals surface area (Å²) in [6, 6.07) is 8.02. The molecule has 1 amide bonds.